The summed E-state index contributed by atoms with van der Waals surface area (Å²) in [5.41, 5.74) is 1.12. The molecule has 27 heavy (non-hydrogen) atoms. The molecule has 0 aliphatic rings. The van der Waals surface area contributed by atoms with Crippen LogP contribution in [0, 0.1) is 0 Å². The predicted octanol–water partition coefficient (Wildman–Crippen LogP) is 2.63. The zero-order chi connectivity index (χ0) is 19.2. The van der Waals surface area contributed by atoms with Crippen molar-refractivity contribution in [3.05, 3.63) is 60.3 Å². The first-order valence-corrected chi connectivity index (χ1v) is 9.22. The largest absolute Gasteiger partial charge is 0.467 e. The van der Waals surface area contributed by atoms with Crippen molar-refractivity contribution < 1.29 is 14.0 Å². The van der Waals surface area contributed by atoms with Crippen molar-refractivity contribution in [1.82, 2.24) is 20.1 Å². The summed E-state index contributed by atoms with van der Waals surface area (Å²) in [6.07, 6.45) is 3.15. The number of aromatic nitrogens is 3. The van der Waals surface area contributed by atoms with E-state index in [1.54, 1.807) is 47.5 Å². The maximum atomic E-state index is 12.3. The van der Waals surface area contributed by atoms with E-state index in [1.165, 1.54) is 11.8 Å². The molecule has 0 saturated heterocycles. The Hall–Kier alpha value is -3.07. The molecule has 1 atom stereocenters. The van der Waals surface area contributed by atoms with Crippen LogP contribution in [0.15, 0.2) is 58.6 Å². The van der Waals surface area contributed by atoms with E-state index in [-0.39, 0.29) is 23.6 Å². The molecule has 2 heterocycles. The molecule has 8 nitrogen and oxygen atoms in total. The summed E-state index contributed by atoms with van der Waals surface area (Å²) in [7, 11) is 1.82. The van der Waals surface area contributed by atoms with Gasteiger partial charge in [-0.2, -0.15) is 0 Å². The molecule has 0 saturated carbocycles. The topological polar surface area (TPSA) is 102 Å². The van der Waals surface area contributed by atoms with Gasteiger partial charge in [0.05, 0.1) is 18.1 Å². The minimum absolute atomic E-state index is 0.161. The number of amides is 2. The number of benzene rings is 1. The summed E-state index contributed by atoms with van der Waals surface area (Å²) in [6.45, 7) is 1.85. The lowest BCUT2D eigenvalue weighted by Gasteiger charge is -2.12. The number of hydrogen-bond donors (Lipinski definition) is 2. The second-order valence-corrected chi connectivity index (χ2v) is 6.79. The van der Waals surface area contributed by atoms with Crippen LogP contribution in [-0.2, 0) is 11.8 Å². The highest BCUT2D eigenvalue weighted by atomic mass is 32.2. The summed E-state index contributed by atoms with van der Waals surface area (Å²) >= 11 is 1.30. The fraction of sp³-hybridized carbons (Fsp3) is 0.222. The van der Waals surface area contributed by atoms with E-state index in [1.807, 2.05) is 20.0 Å². The molecule has 9 heteroatoms. The Morgan fingerprint density at radius 2 is 2.04 bits per heavy atom. The molecule has 0 bridgehead atoms. The van der Waals surface area contributed by atoms with Crippen molar-refractivity contribution in [2.75, 3.05) is 11.1 Å². The molecule has 1 aromatic carbocycles. The molecule has 3 aromatic rings. The third-order valence-corrected chi connectivity index (χ3v) is 4.78. The third kappa shape index (κ3) is 4.98. The van der Waals surface area contributed by atoms with Crippen molar-refractivity contribution >= 4 is 29.3 Å². The molecule has 0 aliphatic carbocycles. The number of nitrogens with zero attached hydrogens (tertiary/aromatic N) is 3. The Bertz CT molecular complexity index is 905. The van der Waals surface area contributed by atoms with Gasteiger partial charge in [-0.15, -0.1) is 10.2 Å². The first-order chi connectivity index (χ1) is 13.0. The van der Waals surface area contributed by atoms with Gasteiger partial charge in [0.25, 0.3) is 5.91 Å². The van der Waals surface area contributed by atoms with E-state index in [4.69, 9.17) is 4.42 Å². The van der Waals surface area contributed by atoms with Gasteiger partial charge in [-0.05, 0) is 43.3 Å². The highest BCUT2D eigenvalue weighted by Crippen LogP contribution is 2.16. The van der Waals surface area contributed by atoms with Crippen LogP contribution in [0.3, 0.4) is 0 Å². The molecule has 0 unspecified atom stereocenters. The van der Waals surface area contributed by atoms with Crippen LogP contribution < -0.4 is 10.6 Å². The van der Waals surface area contributed by atoms with Crippen molar-refractivity contribution in [1.29, 1.82) is 0 Å². The van der Waals surface area contributed by atoms with Crippen LogP contribution in [0.2, 0.25) is 0 Å². The molecule has 2 N–H and O–H groups in total. The molecular weight excluding hydrogens is 366 g/mol. The standard InChI is InChI=1S/C18H19N5O3S/c1-12(15-4-3-9-26-15)20-17(25)13-5-7-14(8-6-13)21-16(24)10-27-18-22-19-11-23(18)2/h3-9,11-12H,10H2,1-2H3,(H,20,25)(H,21,24)/t12-/m0/s1. The third-order valence-electron chi connectivity index (χ3n) is 3.75. The second kappa shape index (κ2) is 8.54. The Morgan fingerprint density at radius 3 is 2.67 bits per heavy atom. The van der Waals surface area contributed by atoms with Crippen molar-refractivity contribution in [3.8, 4) is 0 Å². The fourth-order valence-electron chi connectivity index (χ4n) is 2.32. The van der Waals surface area contributed by atoms with Crippen molar-refractivity contribution in [3.63, 3.8) is 0 Å². The van der Waals surface area contributed by atoms with Crippen LogP contribution in [0.5, 0.6) is 0 Å². The lowest BCUT2D eigenvalue weighted by Crippen LogP contribution is -2.26. The normalized spacial score (nSPS) is 11.8. The predicted molar refractivity (Wildman–Crippen MR) is 101 cm³/mol. The molecule has 0 radical (unpaired) electrons. The van der Waals surface area contributed by atoms with Gasteiger partial charge in [0, 0.05) is 18.3 Å². The lowest BCUT2D eigenvalue weighted by molar-refractivity contribution is -0.113. The van der Waals surface area contributed by atoms with Gasteiger partial charge in [-0.1, -0.05) is 11.8 Å². The number of thioether (sulfide) groups is 1. The van der Waals surface area contributed by atoms with Crippen LogP contribution >= 0.6 is 11.8 Å². The average Bonchev–Trinajstić information content (AvgIpc) is 3.32. The van der Waals surface area contributed by atoms with Crippen LogP contribution in [0.1, 0.15) is 29.1 Å². The van der Waals surface area contributed by atoms with Gasteiger partial charge in [0.15, 0.2) is 5.16 Å². The van der Waals surface area contributed by atoms with E-state index in [2.05, 4.69) is 20.8 Å². The molecule has 0 fully saturated rings. The molecule has 0 spiro atoms. The summed E-state index contributed by atoms with van der Waals surface area (Å²) in [5, 5.41) is 14.0. The summed E-state index contributed by atoms with van der Waals surface area (Å²) in [6, 6.07) is 10.1. The lowest BCUT2D eigenvalue weighted by atomic mass is 10.1. The molecule has 0 aliphatic heterocycles. The number of nitrogens with one attached hydrogen (secondary N) is 2. The van der Waals surface area contributed by atoms with Crippen molar-refractivity contribution in [2.24, 2.45) is 7.05 Å². The summed E-state index contributed by atoms with van der Waals surface area (Å²) in [5.74, 6) is 0.531. The molecule has 2 amide bonds. The monoisotopic (exact) mass is 385 g/mol. The number of anilines is 1. The zero-order valence-electron chi connectivity index (χ0n) is 14.9. The second-order valence-electron chi connectivity index (χ2n) is 5.85. The van der Waals surface area contributed by atoms with E-state index in [9.17, 15) is 9.59 Å². The van der Waals surface area contributed by atoms with Crippen LogP contribution in [0.25, 0.3) is 0 Å². The quantitative estimate of drug-likeness (QED) is 0.606. The number of hydrogen-bond acceptors (Lipinski definition) is 6. The molecule has 3 rings (SSSR count). The van der Waals surface area contributed by atoms with E-state index in [0.29, 0.717) is 22.2 Å². The van der Waals surface area contributed by atoms with Crippen LogP contribution in [-0.4, -0.2) is 32.3 Å². The highest BCUT2D eigenvalue weighted by molar-refractivity contribution is 7.99. The first-order valence-electron chi connectivity index (χ1n) is 8.24. The van der Waals surface area contributed by atoms with E-state index in [0.717, 1.165) is 0 Å². The smallest absolute Gasteiger partial charge is 0.251 e. The van der Waals surface area contributed by atoms with Gasteiger partial charge in [0.2, 0.25) is 5.91 Å². The Morgan fingerprint density at radius 1 is 1.26 bits per heavy atom. The average molecular weight is 385 g/mol. The van der Waals surface area contributed by atoms with Gasteiger partial charge >= 0.3 is 0 Å². The number of furan rings is 1. The fourth-order valence-corrected chi connectivity index (χ4v) is 3.01. The number of carbonyl (C=O) groups is 2. The van der Waals surface area contributed by atoms with Gasteiger partial charge in [-0.25, -0.2) is 0 Å². The first kappa shape index (κ1) is 18.7. The van der Waals surface area contributed by atoms with Gasteiger partial charge in [0.1, 0.15) is 12.1 Å². The van der Waals surface area contributed by atoms with Gasteiger partial charge < -0.3 is 19.6 Å². The summed E-state index contributed by atoms with van der Waals surface area (Å²) < 4.78 is 7.02. The number of rotatable bonds is 7. The van der Waals surface area contributed by atoms with E-state index >= 15 is 0 Å². The molecule has 2 aromatic heterocycles. The number of aryl methyl sites for hydroxylation is 1. The van der Waals surface area contributed by atoms with E-state index < -0.39 is 0 Å². The molecule has 140 valence electrons. The Labute approximate surface area is 160 Å². The highest BCUT2D eigenvalue weighted by Gasteiger charge is 2.13. The van der Waals surface area contributed by atoms with Crippen LogP contribution in [0.4, 0.5) is 5.69 Å². The van der Waals surface area contributed by atoms with Gasteiger partial charge in [-0.3, -0.25) is 9.59 Å². The summed E-state index contributed by atoms with van der Waals surface area (Å²) in [4.78, 5) is 24.3. The SMILES string of the molecule is C[C@H](NC(=O)c1ccc(NC(=O)CSc2nncn2C)cc1)c1ccco1. The zero-order valence-corrected chi connectivity index (χ0v) is 15.7. The maximum Gasteiger partial charge on any atom is 0.251 e. The minimum atomic E-state index is -0.232. The molecular formula is C18H19N5O3S. The Kier molecular flexibility index (Phi) is 5.92. The van der Waals surface area contributed by atoms with Crippen molar-refractivity contribution in [2.45, 2.75) is 18.1 Å². The number of carbonyl (C=O) groups excluding carboxylic acids is 2. The minimum Gasteiger partial charge on any atom is -0.467 e. The Balaban J connectivity index is 1.51. The maximum absolute atomic E-state index is 12.3.